The van der Waals surface area contributed by atoms with Gasteiger partial charge in [0.2, 0.25) is 11.8 Å². The maximum atomic E-state index is 12.4. The Kier molecular flexibility index (Phi) is 6.92. The lowest BCUT2D eigenvalue weighted by Gasteiger charge is -2.22. The van der Waals surface area contributed by atoms with E-state index in [1.165, 1.54) is 0 Å². The summed E-state index contributed by atoms with van der Waals surface area (Å²) in [5.41, 5.74) is 0.801. The van der Waals surface area contributed by atoms with Crippen molar-refractivity contribution in [3.63, 3.8) is 0 Å². The first kappa shape index (κ1) is 17.2. The van der Waals surface area contributed by atoms with Gasteiger partial charge in [-0.05, 0) is 32.3 Å². The van der Waals surface area contributed by atoms with Crippen LogP contribution in [0.25, 0.3) is 0 Å². The molecule has 1 atom stereocenters. The van der Waals surface area contributed by atoms with E-state index in [1.54, 1.807) is 0 Å². The Hall–Kier alpha value is -1.84. The molecule has 0 fully saturated rings. The van der Waals surface area contributed by atoms with E-state index >= 15 is 0 Å². The van der Waals surface area contributed by atoms with Crippen LogP contribution in [-0.2, 0) is 9.59 Å². The Labute approximate surface area is 127 Å². The van der Waals surface area contributed by atoms with Gasteiger partial charge in [-0.15, -0.1) is 0 Å². The molecule has 0 spiro atoms. The van der Waals surface area contributed by atoms with E-state index in [0.29, 0.717) is 0 Å². The molecule has 0 aliphatic rings. The van der Waals surface area contributed by atoms with Crippen molar-refractivity contribution in [2.75, 3.05) is 0 Å². The molecule has 0 bridgehead atoms. The highest BCUT2D eigenvalue weighted by molar-refractivity contribution is 5.89. The summed E-state index contributed by atoms with van der Waals surface area (Å²) in [6, 6.07) is 8.75. The maximum absolute atomic E-state index is 12.4. The summed E-state index contributed by atoms with van der Waals surface area (Å²) >= 11 is 0. The second-order valence-corrected chi connectivity index (χ2v) is 5.53. The fourth-order valence-corrected chi connectivity index (χ4v) is 2.23. The molecule has 1 aromatic carbocycles. The molecule has 0 saturated heterocycles. The predicted molar refractivity (Wildman–Crippen MR) is 84.7 cm³/mol. The van der Waals surface area contributed by atoms with E-state index in [-0.39, 0.29) is 23.8 Å². The lowest BCUT2D eigenvalue weighted by molar-refractivity contribution is -0.131. The molecular formula is C17H26N2O2. The highest BCUT2D eigenvalue weighted by Gasteiger charge is 2.25. The van der Waals surface area contributed by atoms with Crippen molar-refractivity contribution in [1.82, 2.24) is 10.6 Å². The van der Waals surface area contributed by atoms with Gasteiger partial charge in [0.25, 0.3) is 0 Å². The molecule has 116 valence electrons. The fourth-order valence-electron chi connectivity index (χ4n) is 2.23. The number of amides is 2. The quantitative estimate of drug-likeness (QED) is 0.811. The van der Waals surface area contributed by atoms with E-state index in [1.807, 2.05) is 58.0 Å². The lowest BCUT2D eigenvalue weighted by atomic mass is 10.00. The van der Waals surface area contributed by atoms with Crippen LogP contribution in [0.5, 0.6) is 0 Å². The molecule has 4 nitrogen and oxygen atoms in total. The summed E-state index contributed by atoms with van der Waals surface area (Å²) in [6.45, 7) is 7.78. The third-order valence-corrected chi connectivity index (χ3v) is 3.47. The van der Waals surface area contributed by atoms with E-state index in [4.69, 9.17) is 0 Å². The molecule has 0 aliphatic carbocycles. The van der Waals surface area contributed by atoms with Crippen molar-refractivity contribution in [3.05, 3.63) is 35.9 Å². The summed E-state index contributed by atoms with van der Waals surface area (Å²) < 4.78 is 0. The van der Waals surface area contributed by atoms with Gasteiger partial charge in [0.05, 0.1) is 0 Å². The van der Waals surface area contributed by atoms with Crippen LogP contribution >= 0.6 is 0 Å². The van der Waals surface area contributed by atoms with Gasteiger partial charge in [-0.1, -0.05) is 44.2 Å². The van der Waals surface area contributed by atoms with Crippen molar-refractivity contribution in [1.29, 1.82) is 0 Å². The molecule has 0 unspecified atom stereocenters. The van der Waals surface area contributed by atoms with Crippen LogP contribution in [0.3, 0.4) is 0 Å². The maximum Gasteiger partial charge on any atom is 0.247 e. The largest absolute Gasteiger partial charge is 0.352 e. The van der Waals surface area contributed by atoms with E-state index in [2.05, 4.69) is 10.6 Å². The monoisotopic (exact) mass is 290 g/mol. The second-order valence-electron chi connectivity index (χ2n) is 5.53. The van der Waals surface area contributed by atoms with Gasteiger partial charge < -0.3 is 10.6 Å². The number of nitrogens with one attached hydrogen (secondary N) is 2. The molecular weight excluding hydrogens is 264 g/mol. The Morgan fingerprint density at radius 1 is 0.952 bits per heavy atom. The number of carbonyl (C=O) groups is 2. The number of rotatable bonds is 7. The van der Waals surface area contributed by atoms with Crippen molar-refractivity contribution in [2.24, 2.45) is 5.92 Å². The van der Waals surface area contributed by atoms with Gasteiger partial charge in [0.1, 0.15) is 6.04 Å². The van der Waals surface area contributed by atoms with E-state index in [9.17, 15) is 9.59 Å². The zero-order valence-electron chi connectivity index (χ0n) is 13.3. The first-order valence-corrected chi connectivity index (χ1v) is 7.65. The minimum absolute atomic E-state index is 0.0359. The number of benzene rings is 1. The number of hydrogen-bond acceptors (Lipinski definition) is 2. The summed E-state index contributed by atoms with van der Waals surface area (Å²) in [5, 5.41) is 5.76. The first-order chi connectivity index (χ1) is 9.99. The van der Waals surface area contributed by atoms with Crippen LogP contribution in [0.15, 0.2) is 30.3 Å². The van der Waals surface area contributed by atoms with Crippen molar-refractivity contribution in [2.45, 2.75) is 52.6 Å². The van der Waals surface area contributed by atoms with Gasteiger partial charge in [0.15, 0.2) is 0 Å². The van der Waals surface area contributed by atoms with Gasteiger partial charge in [-0.25, -0.2) is 0 Å². The molecule has 0 saturated carbocycles. The van der Waals surface area contributed by atoms with Crippen LogP contribution in [0.4, 0.5) is 0 Å². The predicted octanol–water partition coefficient (Wildman–Crippen LogP) is 2.80. The molecule has 4 heteroatoms. The average molecular weight is 290 g/mol. The molecule has 0 aliphatic heterocycles. The normalized spacial score (nSPS) is 12.3. The summed E-state index contributed by atoms with van der Waals surface area (Å²) in [6.07, 6.45) is 1.55. The van der Waals surface area contributed by atoms with Crippen LogP contribution in [0, 0.1) is 5.92 Å². The highest BCUT2D eigenvalue weighted by atomic mass is 16.2. The van der Waals surface area contributed by atoms with Gasteiger partial charge >= 0.3 is 0 Å². The second kappa shape index (κ2) is 8.45. The number of carbonyl (C=O) groups excluding carboxylic acids is 2. The number of hydrogen-bond donors (Lipinski definition) is 2. The highest BCUT2D eigenvalue weighted by Crippen LogP contribution is 2.16. The smallest absolute Gasteiger partial charge is 0.247 e. The molecule has 2 amide bonds. The van der Waals surface area contributed by atoms with Crippen LogP contribution in [0.1, 0.15) is 52.1 Å². The molecule has 1 rings (SSSR count). The standard InChI is InChI=1S/C17H26N2O2/c1-5-13(6-2)16(20)19-15(17(21)18-12(3)4)14-10-8-7-9-11-14/h7-13,15H,5-6H2,1-4H3,(H,18,21)(H,19,20)/t15-/m0/s1. The molecule has 0 aromatic heterocycles. The summed E-state index contributed by atoms with van der Waals surface area (Å²) in [5.74, 6) is -0.286. The van der Waals surface area contributed by atoms with Crippen molar-refractivity contribution >= 4 is 11.8 Å². The van der Waals surface area contributed by atoms with Gasteiger partial charge in [-0.3, -0.25) is 9.59 Å². The molecule has 2 N–H and O–H groups in total. The van der Waals surface area contributed by atoms with Crippen LogP contribution < -0.4 is 10.6 Å². The third-order valence-electron chi connectivity index (χ3n) is 3.47. The Balaban J connectivity index is 2.92. The SMILES string of the molecule is CCC(CC)C(=O)N[C@H](C(=O)NC(C)C)c1ccccc1. The fraction of sp³-hybridized carbons (Fsp3) is 0.529. The van der Waals surface area contributed by atoms with E-state index in [0.717, 1.165) is 18.4 Å². The minimum atomic E-state index is -0.637. The average Bonchev–Trinajstić information content (AvgIpc) is 2.46. The zero-order valence-corrected chi connectivity index (χ0v) is 13.3. The van der Waals surface area contributed by atoms with Crippen LogP contribution in [-0.4, -0.2) is 17.9 Å². The Morgan fingerprint density at radius 2 is 1.52 bits per heavy atom. The Morgan fingerprint density at radius 3 is 2.00 bits per heavy atom. The molecule has 21 heavy (non-hydrogen) atoms. The zero-order chi connectivity index (χ0) is 15.8. The topological polar surface area (TPSA) is 58.2 Å². The van der Waals surface area contributed by atoms with Gasteiger partial charge in [-0.2, -0.15) is 0 Å². The minimum Gasteiger partial charge on any atom is -0.352 e. The first-order valence-electron chi connectivity index (χ1n) is 7.65. The summed E-state index contributed by atoms with van der Waals surface area (Å²) in [7, 11) is 0. The van der Waals surface area contributed by atoms with E-state index < -0.39 is 6.04 Å². The van der Waals surface area contributed by atoms with Crippen molar-refractivity contribution in [3.8, 4) is 0 Å². The van der Waals surface area contributed by atoms with Crippen molar-refractivity contribution < 1.29 is 9.59 Å². The molecule has 0 heterocycles. The molecule has 1 aromatic rings. The molecule has 0 radical (unpaired) electrons. The van der Waals surface area contributed by atoms with Crippen LogP contribution in [0.2, 0.25) is 0 Å². The lowest BCUT2D eigenvalue weighted by Crippen LogP contribution is -2.44. The third kappa shape index (κ3) is 5.21. The Bertz CT molecular complexity index is 453. The summed E-state index contributed by atoms with van der Waals surface area (Å²) in [4.78, 5) is 24.7. The van der Waals surface area contributed by atoms with Gasteiger partial charge in [0, 0.05) is 12.0 Å².